The van der Waals surface area contributed by atoms with Crippen molar-refractivity contribution in [2.75, 3.05) is 25.4 Å². The van der Waals surface area contributed by atoms with Gasteiger partial charge in [-0.1, -0.05) is 18.2 Å². The Bertz CT molecular complexity index is 785. The fourth-order valence-corrected chi connectivity index (χ4v) is 3.70. The summed E-state index contributed by atoms with van der Waals surface area (Å²) in [6, 6.07) is 0. The van der Waals surface area contributed by atoms with Gasteiger partial charge in [-0.15, -0.1) is 0 Å². The molecule has 0 amide bonds. The number of hydrogen-bond acceptors (Lipinski definition) is 5. The lowest BCUT2D eigenvalue weighted by Crippen LogP contribution is -2.36. The molecule has 8 heteroatoms. The van der Waals surface area contributed by atoms with E-state index in [1.165, 1.54) is 44.0 Å². The van der Waals surface area contributed by atoms with Gasteiger partial charge in [0, 0.05) is 26.4 Å². The van der Waals surface area contributed by atoms with E-state index < -0.39 is 0 Å². The molecule has 1 aliphatic heterocycles. The number of piperidine rings is 1. The number of hydrogen-bond donors (Lipinski definition) is 1. The van der Waals surface area contributed by atoms with Crippen molar-refractivity contribution >= 4 is 22.9 Å². The Morgan fingerprint density at radius 1 is 1.14 bits per heavy atom. The molecular formula is C14H21N5O2S. The minimum absolute atomic E-state index is 0.325. The number of imidazole rings is 1. The Morgan fingerprint density at radius 2 is 1.86 bits per heavy atom. The number of nitrogens with zero attached hydrogens (tertiary/aromatic N) is 4. The SMILES string of the molecule is Cn1c(=O)c2[nH]c(SCCN3CCCCC3)nc2n(C)c1=O. The number of thioether (sulfide) groups is 1. The molecule has 0 unspecified atom stereocenters. The van der Waals surface area contributed by atoms with Crippen molar-refractivity contribution in [3.8, 4) is 0 Å². The van der Waals surface area contributed by atoms with Crippen molar-refractivity contribution in [3.63, 3.8) is 0 Å². The molecule has 0 spiro atoms. The number of aromatic amines is 1. The molecule has 22 heavy (non-hydrogen) atoms. The second-order valence-corrected chi connectivity index (χ2v) is 6.78. The van der Waals surface area contributed by atoms with Crippen LogP contribution in [0.15, 0.2) is 14.7 Å². The first-order valence-corrected chi connectivity index (χ1v) is 8.57. The van der Waals surface area contributed by atoms with E-state index in [0.717, 1.165) is 16.9 Å². The Morgan fingerprint density at radius 3 is 2.59 bits per heavy atom. The third-order valence-electron chi connectivity index (χ3n) is 4.17. The largest absolute Gasteiger partial charge is 0.332 e. The molecule has 0 aromatic carbocycles. The van der Waals surface area contributed by atoms with E-state index >= 15 is 0 Å². The average molecular weight is 323 g/mol. The van der Waals surface area contributed by atoms with Crippen LogP contribution in [-0.4, -0.2) is 49.4 Å². The van der Waals surface area contributed by atoms with Crippen LogP contribution in [0.2, 0.25) is 0 Å². The van der Waals surface area contributed by atoms with Gasteiger partial charge in [0.2, 0.25) is 0 Å². The van der Waals surface area contributed by atoms with Gasteiger partial charge in [-0.05, 0) is 25.9 Å². The van der Waals surface area contributed by atoms with Crippen LogP contribution in [0.25, 0.3) is 11.2 Å². The lowest BCUT2D eigenvalue weighted by atomic mass is 10.1. The Hall–Kier alpha value is -1.54. The summed E-state index contributed by atoms with van der Waals surface area (Å²) in [6.45, 7) is 3.38. The lowest BCUT2D eigenvalue weighted by molar-refractivity contribution is 0.242. The van der Waals surface area contributed by atoms with E-state index in [4.69, 9.17) is 0 Å². The summed E-state index contributed by atoms with van der Waals surface area (Å²) in [5.41, 5.74) is 0.140. The highest BCUT2D eigenvalue weighted by Gasteiger charge is 2.14. The van der Waals surface area contributed by atoms with Gasteiger partial charge >= 0.3 is 5.69 Å². The number of fused-ring (bicyclic) bond motifs is 1. The zero-order chi connectivity index (χ0) is 15.7. The molecule has 120 valence electrons. The number of nitrogens with one attached hydrogen (secondary N) is 1. The predicted molar refractivity (Wildman–Crippen MR) is 87.6 cm³/mol. The van der Waals surface area contributed by atoms with Crippen molar-refractivity contribution < 1.29 is 0 Å². The average Bonchev–Trinajstić information content (AvgIpc) is 2.96. The Balaban J connectivity index is 1.75. The van der Waals surface area contributed by atoms with Crippen molar-refractivity contribution in [1.82, 2.24) is 24.0 Å². The molecular weight excluding hydrogens is 302 g/mol. The second-order valence-electron chi connectivity index (χ2n) is 5.70. The minimum atomic E-state index is -0.353. The van der Waals surface area contributed by atoms with Crippen molar-refractivity contribution in [2.24, 2.45) is 14.1 Å². The molecule has 1 fully saturated rings. The summed E-state index contributed by atoms with van der Waals surface area (Å²) in [7, 11) is 3.11. The summed E-state index contributed by atoms with van der Waals surface area (Å²) < 4.78 is 2.50. The normalized spacial score (nSPS) is 16.5. The quantitative estimate of drug-likeness (QED) is 0.831. The topological polar surface area (TPSA) is 75.9 Å². The van der Waals surface area contributed by atoms with E-state index in [2.05, 4.69) is 14.9 Å². The van der Waals surface area contributed by atoms with Gasteiger partial charge < -0.3 is 9.88 Å². The van der Waals surface area contributed by atoms with Gasteiger partial charge in [0.25, 0.3) is 5.56 Å². The number of aromatic nitrogens is 4. The van der Waals surface area contributed by atoms with Crippen LogP contribution in [0.5, 0.6) is 0 Å². The fourth-order valence-electron chi connectivity index (χ4n) is 2.83. The third-order valence-corrected chi connectivity index (χ3v) is 5.02. The first-order chi connectivity index (χ1) is 10.6. The monoisotopic (exact) mass is 323 g/mol. The molecule has 2 aromatic heterocycles. The van der Waals surface area contributed by atoms with E-state index in [9.17, 15) is 9.59 Å². The molecule has 0 aliphatic carbocycles. The van der Waals surface area contributed by atoms with Crippen LogP contribution in [0.3, 0.4) is 0 Å². The van der Waals surface area contributed by atoms with Crippen LogP contribution in [0.4, 0.5) is 0 Å². The zero-order valence-corrected chi connectivity index (χ0v) is 13.8. The smallest absolute Gasteiger partial charge is 0.327 e. The van der Waals surface area contributed by atoms with Gasteiger partial charge in [-0.2, -0.15) is 0 Å². The molecule has 0 saturated carbocycles. The van der Waals surface area contributed by atoms with Gasteiger partial charge in [0.15, 0.2) is 16.3 Å². The summed E-state index contributed by atoms with van der Waals surface area (Å²) in [4.78, 5) is 33.9. The first-order valence-electron chi connectivity index (χ1n) is 7.59. The molecule has 1 N–H and O–H groups in total. The zero-order valence-electron chi connectivity index (χ0n) is 13.0. The lowest BCUT2D eigenvalue weighted by Gasteiger charge is -2.25. The number of rotatable bonds is 4. The van der Waals surface area contributed by atoms with E-state index in [-0.39, 0.29) is 11.2 Å². The molecule has 7 nitrogen and oxygen atoms in total. The number of aryl methyl sites for hydroxylation is 1. The molecule has 3 heterocycles. The molecule has 1 aliphatic rings. The molecule has 1 saturated heterocycles. The standard InChI is InChI=1S/C14H21N5O2S/c1-17-11-10(12(20)18(2)14(17)21)15-13(16-11)22-9-8-19-6-4-3-5-7-19/h3-9H2,1-2H3,(H,15,16). The summed E-state index contributed by atoms with van der Waals surface area (Å²) in [5, 5.41) is 0.699. The molecule has 0 atom stereocenters. The van der Waals surface area contributed by atoms with Crippen molar-refractivity contribution in [2.45, 2.75) is 24.4 Å². The summed E-state index contributed by atoms with van der Waals surface area (Å²) in [5.74, 6) is 0.925. The van der Waals surface area contributed by atoms with Gasteiger partial charge in [-0.25, -0.2) is 9.78 Å². The van der Waals surface area contributed by atoms with Crippen molar-refractivity contribution in [1.29, 1.82) is 0 Å². The predicted octanol–water partition coefficient (Wildman–Crippen LogP) is 0.538. The number of H-pyrrole nitrogens is 1. The third kappa shape index (κ3) is 2.85. The van der Waals surface area contributed by atoms with Crippen LogP contribution >= 0.6 is 11.8 Å². The summed E-state index contributed by atoms with van der Waals surface area (Å²) >= 11 is 1.60. The maximum absolute atomic E-state index is 12.1. The minimum Gasteiger partial charge on any atom is -0.327 e. The maximum atomic E-state index is 12.1. The Kier molecular flexibility index (Phi) is 4.39. The van der Waals surface area contributed by atoms with E-state index in [0.29, 0.717) is 16.3 Å². The Labute approximate surface area is 132 Å². The van der Waals surface area contributed by atoms with E-state index in [1.54, 1.807) is 18.8 Å². The van der Waals surface area contributed by atoms with E-state index in [1.807, 2.05) is 0 Å². The second kappa shape index (κ2) is 6.29. The van der Waals surface area contributed by atoms with Crippen molar-refractivity contribution in [3.05, 3.63) is 20.8 Å². The van der Waals surface area contributed by atoms with Gasteiger partial charge in [-0.3, -0.25) is 13.9 Å². The maximum Gasteiger partial charge on any atom is 0.332 e. The van der Waals surface area contributed by atoms with Crippen LogP contribution in [-0.2, 0) is 14.1 Å². The molecule has 2 aromatic rings. The van der Waals surface area contributed by atoms with Gasteiger partial charge in [0.1, 0.15) is 0 Å². The fraction of sp³-hybridized carbons (Fsp3) is 0.643. The molecule has 3 rings (SSSR count). The van der Waals surface area contributed by atoms with Crippen LogP contribution < -0.4 is 11.2 Å². The highest BCUT2D eigenvalue weighted by Crippen LogP contribution is 2.17. The molecule has 0 bridgehead atoms. The molecule has 0 radical (unpaired) electrons. The summed E-state index contributed by atoms with van der Waals surface area (Å²) in [6.07, 6.45) is 3.91. The highest BCUT2D eigenvalue weighted by atomic mass is 32.2. The van der Waals surface area contributed by atoms with Crippen LogP contribution in [0, 0.1) is 0 Å². The highest BCUT2D eigenvalue weighted by molar-refractivity contribution is 7.99. The van der Waals surface area contributed by atoms with Crippen LogP contribution in [0.1, 0.15) is 19.3 Å². The first kappa shape index (κ1) is 15.4. The van der Waals surface area contributed by atoms with Gasteiger partial charge in [0.05, 0.1) is 0 Å². The number of likely N-dealkylation sites (tertiary alicyclic amines) is 1.